The molecule has 8 heteroatoms. The quantitative estimate of drug-likeness (QED) is 0.795. The van der Waals surface area contributed by atoms with Gasteiger partial charge in [0.2, 0.25) is 0 Å². The fourth-order valence-corrected chi connectivity index (χ4v) is 3.48. The molecule has 0 aliphatic heterocycles. The molecule has 0 saturated carbocycles. The van der Waals surface area contributed by atoms with E-state index in [0.29, 0.717) is 10.2 Å². The van der Waals surface area contributed by atoms with E-state index < -0.39 is 15.9 Å². The molecule has 0 atom stereocenters. The van der Waals surface area contributed by atoms with Crippen LogP contribution < -0.4 is 4.72 Å². The standard InChI is InChI=1S/C13H9N3O3S2/c17-13(10-7-4-8-11-12(10)20-16-14-11)15-21(18,19)9-5-2-1-3-6-9/h1-8H,(H,15,17). The van der Waals surface area contributed by atoms with Crippen LogP contribution >= 0.6 is 11.5 Å². The lowest BCUT2D eigenvalue weighted by Gasteiger charge is -2.07. The van der Waals surface area contributed by atoms with Crippen molar-refractivity contribution in [2.75, 3.05) is 0 Å². The van der Waals surface area contributed by atoms with Crippen LogP contribution in [0.15, 0.2) is 53.4 Å². The van der Waals surface area contributed by atoms with E-state index in [1.54, 1.807) is 30.3 Å². The summed E-state index contributed by atoms with van der Waals surface area (Å²) in [4.78, 5) is 12.2. The Labute approximate surface area is 124 Å². The normalized spacial score (nSPS) is 11.4. The van der Waals surface area contributed by atoms with E-state index in [1.165, 1.54) is 18.2 Å². The van der Waals surface area contributed by atoms with Crippen molar-refractivity contribution in [1.29, 1.82) is 0 Å². The number of benzene rings is 2. The Morgan fingerprint density at radius 1 is 1.05 bits per heavy atom. The highest BCUT2D eigenvalue weighted by atomic mass is 32.2. The molecule has 6 nitrogen and oxygen atoms in total. The zero-order chi connectivity index (χ0) is 14.9. The predicted octanol–water partition coefficient (Wildman–Crippen LogP) is 1.81. The highest BCUT2D eigenvalue weighted by Crippen LogP contribution is 2.20. The summed E-state index contributed by atoms with van der Waals surface area (Å²) in [6, 6.07) is 12.6. The van der Waals surface area contributed by atoms with E-state index in [-0.39, 0.29) is 10.5 Å². The minimum absolute atomic E-state index is 0.0351. The third-order valence-electron chi connectivity index (χ3n) is 2.80. The summed E-state index contributed by atoms with van der Waals surface area (Å²) in [6.45, 7) is 0. The van der Waals surface area contributed by atoms with Crippen molar-refractivity contribution in [3.05, 3.63) is 54.1 Å². The molecule has 0 spiro atoms. The third kappa shape index (κ3) is 2.63. The van der Waals surface area contributed by atoms with Gasteiger partial charge in [0.05, 0.1) is 15.2 Å². The van der Waals surface area contributed by atoms with Crippen molar-refractivity contribution in [2.24, 2.45) is 0 Å². The number of nitrogens with one attached hydrogen (secondary N) is 1. The molecule has 1 heterocycles. The molecule has 0 fully saturated rings. The second-order valence-corrected chi connectivity index (χ2v) is 6.61. The molecule has 0 aliphatic carbocycles. The molecule has 0 unspecified atom stereocenters. The van der Waals surface area contributed by atoms with Gasteiger partial charge in [-0.25, -0.2) is 13.1 Å². The number of rotatable bonds is 3. The number of sulfonamides is 1. The molecule has 0 bridgehead atoms. The zero-order valence-electron chi connectivity index (χ0n) is 10.6. The fourth-order valence-electron chi connectivity index (χ4n) is 1.82. The number of carbonyl (C=O) groups excluding carboxylic acids is 1. The zero-order valence-corrected chi connectivity index (χ0v) is 12.2. The van der Waals surface area contributed by atoms with Gasteiger partial charge in [0.15, 0.2) is 0 Å². The van der Waals surface area contributed by atoms with E-state index in [9.17, 15) is 13.2 Å². The molecular weight excluding hydrogens is 310 g/mol. The first kappa shape index (κ1) is 13.7. The first-order valence-electron chi connectivity index (χ1n) is 5.91. The highest BCUT2D eigenvalue weighted by Gasteiger charge is 2.20. The molecule has 0 saturated heterocycles. The number of fused-ring (bicyclic) bond motifs is 1. The maximum absolute atomic E-state index is 12.2. The summed E-state index contributed by atoms with van der Waals surface area (Å²) >= 11 is 1.05. The van der Waals surface area contributed by atoms with Crippen LogP contribution in [0.2, 0.25) is 0 Å². The Bertz CT molecular complexity index is 905. The molecule has 0 radical (unpaired) electrons. The molecule has 3 rings (SSSR count). The van der Waals surface area contributed by atoms with Crippen LogP contribution in [0.1, 0.15) is 10.4 Å². The van der Waals surface area contributed by atoms with Crippen LogP contribution in [0.5, 0.6) is 0 Å². The number of aromatic nitrogens is 2. The lowest BCUT2D eigenvalue weighted by atomic mass is 10.2. The van der Waals surface area contributed by atoms with Gasteiger partial charge in [-0.05, 0) is 35.8 Å². The Morgan fingerprint density at radius 3 is 2.57 bits per heavy atom. The average molecular weight is 319 g/mol. The maximum atomic E-state index is 12.2. The van der Waals surface area contributed by atoms with Crippen LogP contribution in [-0.2, 0) is 10.0 Å². The highest BCUT2D eigenvalue weighted by molar-refractivity contribution is 7.90. The fraction of sp³-hybridized carbons (Fsp3) is 0. The van der Waals surface area contributed by atoms with Crippen LogP contribution in [0.4, 0.5) is 0 Å². The van der Waals surface area contributed by atoms with Crippen LogP contribution in [0, 0.1) is 0 Å². The Kier molecular flexibility index (Phi) is 3.40. The number of amides is 1. The van der Waals surface area contributed by atoms with E-state index in [4.69, 9.17) is 0 Å². The van der Waals surface area contributed by atoms with Gasteiger partial charge in [-0.1, -0.05) is 28.8 Å². The van der Waals surface area contributed by atoms with E-state index in [0.717, 1.165) is 11.5 Å². The summed E-state index contributed by atoms with van der Waals surface area (Å²) in [7, 11) is -3.90. The van der Waals surface area contributed by atoms with Crippen molar-refractivity contribution < 1.29 is 13.2 Å². The predicted molar refractivity (Wildman–Crippen MR) is 78.5 cm³/mol. The van der Waals surface area contributed by atoms with Gasteiger partial charge in [0.25, 0.3) is 15.9 Å². The average Bonchev–Trinajstić information content (AvgIpc) is 2.96. The second kappa shape index (κ2) is 5.23. The first-order chi connectivity index (χ1) is 10.1. The Hall–Kier alpha value is -2.32. The number of carbonyl (C=O) groups is 1. The molecule has 1 amide bonds. The summed E-state index contributed by atoms with van der Waals surface area (Å²) in [5.74, 6) is -0.699. The number of hydrogen-bond acceptors (Lipinski definition) is 6. The maximum Gasteiger partial charge on any atom is 0.266 e. The molecule has 2 aromatic carbocycles. The molecule has 106 valence electrons. The van der Waals surface area contributed by atoms with Gasteiger partial charge in [0.1, 0.15) is 5.52 Å². The summed E-state index contributed by atoms with van der Waals surface area (Å²) in [6.07, 6.45) is 0. The van der Waals surface area contributed by atoms with Gasteiger partial charge in [-0.3, -0.25) is 4.79 Å². The Morgan fingerprint density at radius 2 is 1.81 bits per heavy atom. The lowest BCUT2D eigenvalue weighted by Crippen LogP contribution is -2.30. The van der Waals surface area contributed by atoms with Gasteiger partial charge in [0, 0.05) is 0 Å². The van der Waals surface area contributed by atoms with E-state index in [2.05, 4.69) is 14.3 Å². The minimum Gasteiger partial charge on any atom is -0.268 e. The largest absolute Gasteiger partial charge is 0.268 e. The van der Waals surface area contributed by atoms with Crippen molar-refractivity contribution in [3.63, 3.8) is 0 Å². The summed E-state index contributed by atoms with van der Waals surface area (Å²) in [5.41, 5.74) is 0.798. The lowest BCUT2D eigenvalue weighted by molar-refractivity contribution is 0.0983. The molecular formula is C13H9N3O3S2. The SMILES string of the molecule is O=C(NS(=O)(=O)c1ccccc1)c1cccc2nnsc12. The molecule has 1 aromatic heterocycles. The number of hydrogen-bond donors (Lipinski definition) is 1. The molecule has 21 heavy (non-hydrogen) atoms. The van der Waals surface area contributed by atoms with Gasteiger partial charge < -0.3 is 0 Å². The third-order valence-corrected chi connectivity index (χ3v) is 4.92. The van der Waals surface area contributed by atoms with Gasteiger partial charge in [-0.2, -0.15) is 0 Å². The Balaban J connectivity index is 1.95. The van der Waals surface area contributed by atoms with Crippen molar-refractivity contribution in [3.8, 4) is 0 Å². The van der Waals surface area contributed by atoms with Crippen molar-refractivity contribution in [2.45, 2.75) is 4.90 Å². The second-order valence-electron chi connectivity index (χ2n) is 4.17. The summed E-state index contributed by atoms with van der Waals surface area (Å²) < 4.78 is 30.6. The van der Waals surface area contributed by atoms with Crippen molar-refractivity contribution in [1.82, 2.24) is 14.3 Å². The van der Waals surface area contributed by atoms with Crippen LogP contribution in [0.25, 0.3) is 10.2 Å². The van der Waals surface area contributed by atoms with Crippen LogP contribution in [0.3, 0.4) is 0 Å². The minimum atomic E-state index is -3.90. The van der Waals surface area contributed by atoms with E-state index >= 15 is 0 Å². The molecule has 1 N–H and O–H groups in total. The smallest absolute Gasteiger partial charge is 0.266 e. The van der Waals surface area contributed by atoms with Crippen LogP contribution in [-0.4, -0.2) is 23.9 Å². The number of nitrogens with zero attached hydrogens (tertiary/aromatic N) is 2. The van der Waals surface area contributed by atoms with Crippen molar-refractivity contribution >= 4 is 37.7 Å². The molecule has 3 aromatic rings. The molecule has 0 aliphatic rings. The van der Waals surface area contributed by atoms with Gasteiger partial charge in [-0.15, -0.1) is 5.10 Å². The van der Waals surface area contributed by atoms with E-state index in [1.807, 2.05) is 0 Å². The topological polar surface area (TPSA) is 89.0 Å². The summed E-state index contributed by atoms with van der Waals surface area (Å²) in [5, 5.41) is 3.86. The first-order valence-corrected chi connectivity index (χ1v) is 8.17. The van der Waals surface area contributed by atoms with Gasteiger partial charge >= 0.3 is 0 Å². The monoisotopic (exact) mass is 319 g/mol.